The summed E-state index contributed by atoms with van der Waals surface area (Å²) >= 11 is 6.21. The molecule has 0 spiro atoms. The van der Waals surface area contributed by atoms with E-state index in [0.29, 0.717) is 24.9 Å². The van der Waals surface area contributed by atoms with Gasteiger partial charge in [-0.05, 0) is 67.8 Å². The number of hydrogen-bond acceptors (Lipinski definition) is 3. The lowest BCUT2D eigenvalue weighted by Gasteiger charge is -2.11. The monoisotopic (exact) mass is 460 g/mol. The van der Waals surface area contributed by atoms with Gasteiger partial charge in [0.05, 0.1) is 15.6 Å². The molecule has 0 fully saturated rings. The van der Waals surface area contributed by atoms with Crippen LogP contribution in [0.5, 0.6) is 0 Å². The summed E-state index contributed by atoms with van der Waals surface area (Å²) in [5.74, 6) is -0.590. The molecule has 0 unspecified atom stereocenters. The third-order valence-electron chi connectivity index (χ3n) is 4.65. The maximum absolute atomic E-state index is 12.9. The Morgan fingerprint density at radius 2 is 1.68 bits per heavy atom. The maximum Gasteiger partial charge on any atom is 0.261 e. The molecule has 31 heavy (non-hydrogen) atoms. The zero-order valence-electron chi connectivity index (χ0n) is 16.9. The molecular weight excluding hydrogens is 439 g/mol. The minimum atomic E-state index is -3.79. The number of anilines is 1. The van der Waals surface area contributed by atoms with E-state index in [4.69, 9.17) is 11.6 Å². The molecule has 2 N–H and O–H groups in total. The number of carbonyl (C=O) groups excluding carboxylic acids is 1. The van der Waals surface area contributed by atoms with E-state index in [1.54, 1.807) is 24.3 Å². The van der Waals surface area contributed by atoms with Crippen LogP contribution in [0.1, 0.15) is 27.9 Å². The maximum atomic E-state index is 12.9. The van der Waals surface area contributed by atoms with Crippen LogP contribution < -0.4 is 10.0 Å². The SMILES string of the molecule is Cc1ccc(S(=O)(=O)Nc2ccc(C(=O)NCCCc3ccc(F)cc3)cc2Cl)cc1. The Morgan fingerprint density at radius 3 is 2.32 bits per heavy atom. The molecule has 3 aromatic carbocycles. The molecule has 3 rings (SSSR count). The van der Waals surface area contributed by atoms with Gasteiger partial charge in [-0.2, -0.15) is 0 Å². The molecule has 0 saturated carbocycles. The summed E-state index contributed by atoms with van der Waals surface area (Å²) < 4.78 is 40.4. The van der Waals surface area contributed by atoms with Crippen molar-refractivity contribution < 1.29 is 17.6 Å². The van der Waals surface area contributed by atoms with E-state index in [1.165, 1.54) is 42.5 Å². The zero-order valence-corrected chi connectivity index (χ0v) is 18.4. The van der Waals surface area contributed by atoms with Crippen molar-refractivity contribution in [2.75, 3.05) is 11.3 Å². The van der Waals surface area contributed by atoms with Crippen LogP contribution >= 0.6 is 11.6 Å². The number of rotatable bonds is 8. The fourth-order valence-electron chi connectivity index (χ4n) is 2.91. The summed E-state index contributed by atoms with van der Waals surface area (Å²) in [5.41, 5.74) is 2.45. The minimum Gasteiger partial charge on any atom is -0.352 e. The van der Waals surface area contributed by atoms with Crippen molar-refractivity contribution in [1.82, 2.24) is 5.32 Å². The quantitative estimate of drug-likeness (QED) is 0.467. The molecule has 8 heteroatoms. The van der Waals surface area contributed by atoms with E-state index in [9.17, 15) is 17.6 Å². The lowest BCUT2D eigenvalue weighted by atomic mass is 10.1. The summed E-state index contributed by atoms with van der Waals surface area (Å²) in [6.45, 7) is 2.31. The molecule has 3 aromatic rings. The number of aryl methyl sites for hydroxylation is 2. The van der Waals surface area contributed by atoms with Gasteiger partial charge >= 0.3 is 0 Å². The van der Waals surface area contributed by atoms with Crippen LogP contribution in [0.2, 0.25) is 5.02 Å². The third kappa shape index (κ3) is 6.29. The molecule has 0 radical (unpaired) electrons. The summed E-state index contributed by atoms with van der Waals surface area (Å²) in [4.78, 5) is 12.5. The van der Waals surface area contributed by atoms with E-state index in [1.807, 2.05) is 6.92 Å². The summed E-state index contributed by atoms with van der Waals surface area (Å²) in [6, 6.07) is 17.1. The van der Waals surface area contributed by atoms with E-state index < -0.39 is 10.0 Å². The van der Waals surface area contributed by atoms with Gasteiger partial charge in [-0.15, -0.1) is 0 Å². The average Bonchev–Trinajstić information content (AvgIpc) is 2.74. The highest BCUT2D eigenvalue weighted by atomic mass is 35.5. The van der Waals surface area contributed by atoms with Gasteiger partial charge in [0.1, 0.15) is 5.82 Å². The van der Waals surface area contributed by atoms with Crippen LogP contribution in [0.15, 0.2) is 71.6 Å². The van der Waals surface area contributed by atoms with E-state index >= 15 is 0 Å². The van der Waals surface area contributed by atoms with Gasteiger partial charge in [0, 0.05) is 12.1 Å². The molecule has 0 heterocycles. The smallest absolute Gasteiger partial charge is 0.261 e. The molecule has 162 valence electrons. The fraction of sp³-hybridized carbons (Fsp3) is 0.174. The summed E-state index contributed by atoms with van der Waals surface area (Å²) in [7, 11) is -3.79. The Bertz CT molecular complexity index is 1160. The molecule has 0 aliphatic heterocycles. The highest BCUT2D eigenvalue weighted by molar-refractivity contribution is 7.92. The Kier molecular flexibility index (Phi) is 7.30. The van der Waals surface area contributed by atoms with Crippen LogP contribution in [0.3, 0.4) is 0 Å². The first-order chi connectivity index (χ1) is 14.7. The van der Waals surface area contributed by atoms with Gasteiger partial charge in [0.2, 0.25) is 0 Å². The van der Waals surface area contributed by atoms with Crippen molar-refractivity contribution >= 4 is 33.2 Å². The molecule has 0 aromatic heterocycles. The largest absolute Gasteiger partial charge is 0.352 e. The highest BCUT2D eigenvalue weighted by Gasteiger charge is 2.16. The Morgan fingerprint density at radius 1 is 1.00 bits per heavy atom. The van der Waals surface area contributed by atoms with Crippen molar-refractivity contribution in [3.05, 3.63) is 94.3 Å². The second kappa shape index (κ2) is 9.94. The van der Waals surface area contributed by atoms with Gasteiger partial charge < -0.3 is 5.32 Å². The van der Waals surface area contributed by atoms with E-state index in [2.05, 4.69) is 10.0 Å². The van der Waals surface area contributed by atoms with Crippen LogP contribution in [-0.4, -0.2) is 20.9 Å². The Balaban J connectivity index is 1.57. The van der Waals surface area contributed by atoms with Crippen molar-refractivity contribution in [2.24, 2.45) is 0 Å². The predicted octanol–water partition coefficient (Wildman–Crippen LogP) is 4.95. The second-order valence-electron chi connectivity index (χ2n) is 7.10. The van der Waals surface area contributed by atoms with Crippen molar-refractivity contribution in [3.8, 4) is 0 Å². The number of halogens is 2. The minimum absolute atomic E-state index is 0.120. The van der Waals surface area contributed by atoms with Crippen LogP contribution in [-0.2, 0) is 16.4 Å². The number of hydrogen-bond donors (Lipinski definition) is 2. The van der Waals surface area contributed by atoms with Gasteiger partial charge in [-0.25, -0.2) is 12.8 Å². The first-order valence-electron chi connectivity index (χ1n) is 9.66. The molecule has 5 nitrogen and oxygen atoms in total. The number of benzene rings is 3. The third-order valence-corrected chi connectivity index (χ3v) is 6.34. The molecule has 0 saturated heterocycles. The normalized spacial score (nSPS) is 11.2. The average molecular weight is 461 g/mol. The van der Waals surface area contributed by atoms with Crippen molar-refractivity contribution in [1.29, 1.82) is 0 Å². The number of sulfonamides is 1. The van der Waals surface area contributed by atoms with Crippen molar-refractivity contribution in [3.63, 3.8) is 0 Å². The highest BCUT2D eigenvalue weighted by Crippen LogP contribution is 2.26. The number of nitrogens with one attached hydrogen (secondary N) is 2. The summed E-state index contributed by atoms with van der Waals surface area (Å²) in [6.07, 6.45) is 1.40. The van der Waals surface area contributed by atoms with Gasteiger partial charge in [0.25, 0.3) is 15.9 Å². The molecule has 0 aliphatic rings. The first-order valence-corrected chi connectivity index (χ1v) is 11.5. The molecular formula is C23H22ClFN2O3S. The first kappa shape index (κ1) is 22.8. The number of amides is 1. The lowest BCUT2D eigenvalue weighted by molar-refractivity contribution is 0.0953. The zero-order chi connectivity index (χ0) is 22.4. The standard InChI is InChI=1S/C23H22ClFN2O3S/c1-16-4-11-20(12-5-16)31(29,30)27-22-13-8-18(15-21(22)24)23(28)26-14-2-3-17-6-9-19(25)10-7-17/h4-13,15,27H,2-3,14H2,1H3,(H,26,28). The van der Waals surface area contributed by atoms with Gasteiger partial charge in [-0.1, -0.05) is 41.4 Å². The fourth-order valence-corrected chi connectivity index (χ4v) is 4.27. The van der Waals surface area contributed by atoms with Crippen molar-refractivity contribution in [2.45, 2.75) is 24.7 Å². The molecule has 0 aliphatic carbocycles. The van der Waals surface area contributed by atoms with Gasteiger partial charge in [0.15, 0.2) is 0 Å². The Labute approximate surface area is 186 Å². The number of carbonyl (C=O) groups is 1. The summed E-state index contributed by atoms with van der Waals surface area (Å²) in [5, 5.41) is 2.92. The lowest BCUT2D eigenvalue weighted by Crippen LogP contribution is -2.24. The van der Waals surface area contributed by atoms with E-state index in [-0.39, 0.29) is 27.3 Å². The molecule has 0 atom stereocenters. The van der Waals surface area contributed by atoms with E-state index in [0.717, 1.165) is 11.1 Å². The van der Waals surface area contributed by atoms with Crippen LogP contribution in [0, 0.1) is 12.7 Å². The molecule has 1 amide bonds. The second-order valence-corrected chi connectivity index (χ2v) is 9.19. The van der Waals surface area contributed by atoms with Crippen LogP contribution in [0.4, 0.5) is 10.1 Å². The predicted molar refractivity (Wildman–Crippen MR) is 120 cm³/mol. The van der Waals surface area contributed by atoms with Gasteiger partial charge in [-0.3, -0.25) is 9.52 Å². The topological polar surface area (TPSA) is 75.3 Å². The molecule has 0 bridgehead atoms. The van der Waals surface area contributed by atoms with Crippen LogP contribution in [0.25, 0.3) is 0 Å². The Hall–Kier alpha value is -2.90.